The lowest BCUT2D eigenvalue weighted by Gasteiger charge is -2.32. The molecule has 1 aromatic rings. The summed E-state index contributed by atoms with van der Waals surface area (Å²) in [6, 6.07) is 7.65. The average molecular weight is 285 g/mol. The highest BCUT2D eigenvalue weighted by atomic mass is 35.5. The summed E-state index contributed by atoms with van der Waals surface area (Å²) in [5.74, 6) is -0.325. The van der Waals surface area contributed by atoms with E-state index in [9.17, 15) is 9.90 Å². The van der Waals surface area contributed by atoms with Gasteiger partial charge in [-0.2, -0.15) is 0 Å². The number of carboxylic acids is 1. The van der Waals surface area contributed by atoms with Crippen molar-refractivity contribution in [3.05, 3.63) is 29.3 Å². The molecule has 1 aliphatic carbocycles. The van der Waals surface area contributed by atoms with Crippen LogP contribution in [-0.2, 0) is 4.79 Å². The molecular formula is C14H17ClO2S. The lowest BCUT2D eigenvalue weighted by Crippen LogP contribution is -2.32. The number of hydrogen-bond acceptors (Lipinski definition) is 2. The van der Waals surface area contributed by atoms with Crippen LogP contribution in [0.5, 0.6) is 0 Å². The van der Waals surface area contributed by atoms with E-state index >= 15 is 0 Å². The molecule has 2 rings (SSSR count). The fourth-order valence-corrected chi connectivity index (χ4v) is 4.22. The van der Waals surface area contributed by atoms with Crippen molar-refractivity contribution >= 4 is 29.3 Å². The summed E-state index contributed by atoms with van der Waals surface area (Å²) in [7, 11) is 0. The molecule has 1 N–H and O–H groups in total. The maximum Gasteiger partial charge on any atom is 0.307 e. The van der Waals surface area contributed by atoms with Crippen LogP contribution in [0.15, 0.2) is 29.2 Å². The van der Waals surface area contributed by atoms with E-state index in [1.165, 1.54) is 0 Å². The average Bonchev–Trinajstić information content (AvgIpc) is 2.32. The Morgan fingerprint density at radius 3 is 2.78 bits per heavy atom. The van der Waals surface area contributed by atoms with Crippen LogP contribution in [0.2, 0.25) is 5.02 Å². The van der Waals surface area contributed by atoms with E-state index in [1.807, 2.05) is 24.3 Å². The summed E-state index contributed by atoms with van der Waals surface area (Å²) in [5, 5.41) is 10.1. The van der Waals surface area contributed by atoms with Gasteiger partial charge in [-0.25, -0.2) is 0 Å². The Bertz CT molecular complexity index is 436. The minimum Gasteiger partial charge on any atom is -0.481 e. The van der Waals surface area contributed by atoms with Gasteiger partial charge in [0.15, 0.2) is 0 Å². The normalized spacial score (nSPS) is 28.0. The van der Waals surface area contributed by atoms with Crippen molar-refractivity contribution in [2.75, 3.05) is 0 Å². The summed E-state index contributed by atoms with van der Waals surface area (Å²) in [5.41, 5.74) is 0. The zero-order valence-electron chi connectivity index (χ0n) is 10.3. The lowest BCUT2D eigenvalue weighted by atomic mass is 9.82. The highest BCUT2D eigenvalue weighted by molar-refractivity contribution is 8.00. The van der Waals surface area contributed by atoms with Gasteiger partial charge in [-0.05, 0) is 37.3 Å². The fraction of sp³-hybridized carbons (Fsp3) is 0.500. The van der Waals surface area contributed by atoms with Crippen LogP contribution in [0.3, 0.4) is 0 Å². The van der Waals surface area contributed by atoms with E-state index in [4.69, 9.17) is 11.6 Å². The van der Waals surface area contributed by atoms with Gasteiger partial charge in [0.25, 0.3) is 0 Å². The van der Waals surface area contributed by atoms with Gasteiger partial charge in [0, 0.05) is 10.1 Å². The number of carbonyl (C=O) groups is 1. The minimum atomic E-state index is -0.675. The zero-order valence-corrected chi connectivity index (χ0v) is 11.9. The van der Waals surface area contributed by atoms with Gasteiger partial charge in [0.2, 0.25) is 0 Å². The molecular weight excluding hydrogens is 268 g/mol. The van der Waals surface area contributed by atoms with Crippen molar-refractivity contribution in [1.82, 2.24) is 0 Å². The van der Waals surface area contributed by atoms with Crippen LogP contribution in [0.1, 0.15) is 26.2 Å². The van der Waals surface area contributed by atoms with E-state index in [-0.39, 0.29) is 11.2 Å². The third kappa shape index (κ3) is 3.21. The first-order chi connectivity index (χ1) is 8.58. The van der Waals surface area contributed by atoms with Gasteiger partial charge in [0.1, 0.15) is 0 Å². The summed E-state index contributed by atoms with van der Waals surface area (Å²) in [6.45, 7) is 2.19. The van der Waals surface area contributed by atoms with E-state index < -0.39 is 5.97 Å². The number of hydrogen-bond donors (Lipinski definition) is 1. The highest BCUT2D eigenvalue weighted by Gasteiger charge is 2.34. The predicted octanol–water partition coefficient (Wildman–Crippen LogP) is 4.32. The fourth-order valence-electron chi connectivity index (χ4n) is 2.44. The second-order valence-corrected chi connectivity index (χ2v) is 6.64. The van der Waals surface area contributed by atoms with E-state index in [2.05, 4.69) is 6.92 Å². The summed E-state index contributed by atoms with van der Waals surface area (Å²) in [4.78, 5) is 12.3. The molecule has 0 saturated heterocycles. The van der Waals surface area contributed by atoms with Crippen molar-refractivity contribution in [2.24, 2.45) is 11.8 Å². The molecule has 0 radical (unpaired) electrons. The molecule has 1 aromatic carbocycles. The summed E-state index contributed by atoms with van der Waals surface area (Å²) >= 11 is 7.76. The monoisotopic (exact) mass is 284 g/mol. The highest BCUT2D eigenvalue weighted by Crippen LogP contribution is 2.41. The first-order valence-corrected chi connectivity index (χ1v) is 7.47. The first kappa shape index (κ1) is 13.8. The third-order valence-corrected chi connectivity index (χ3v) is 5.36. The summed E-state index contributed by atoms with van der Waals surface area (Å²) in [6.07, 6.45) is 2.74. The molecule has 98 valence electrons. The van der Waals surface area contributed by atoms with Gasteiger partial charge >= 0.3 is 5.97 Å². The SMILES string of the molecule is CC1CCC(C(=O)O)C(Sc2ccccc2Cl)C1. The molecule has 2 nitrogen and oxygen atoms in total. The maximum atomic E-state index is 11.3. The molecule has 0 bridgehead atoms. The van der Waals surface area contributed by atoms with E-state index in [1.54, 1.807) is 11.8 Å². The van der Waals surface area contributed by atoms with Crippen LogP contribution in [0.4, 0.5) is 0 Å². The van der Waals surface area contributed by atoms with Crippen LogP contribution in [-0.4, -0.2) is 16.3 Å². The number of rotatable bonds is 3. The maximum absolute atomic E-state index is 11.3. The Morgan fingerprint density at radius 1 is 1.39 bits per heavy atom. The van der Waals surface area contributed by atoms with Crippen LogP contribution >= 0.6 is 23.4 Å². The van der Waals surface area contributed by atoms with Crippen molar-refractivity contribution in [3.8, 4) is 0 Å². The standard InChI is InChI=1S/C14H17ClO2S/c1-9-6-7-10(14(16)17)13(8-9)18-12-5-3-2-4-11(12)15/h2-5,9-10,13H,6-8H2,1H3,(H,16,17). The Labute approximate surface area is 117 Å². The van der Waals surface area contributed by atoms with Gasteiger partial charge in [-0.3, -0.25) is 4.79 Å². The molecule has 18 heavy (non-hydrogen) atoms. The largest absolute Gasteiger partial charge is 0.481 e. The number of carboxylic acid groups (broad SMARTS) is 1. The molecule has 1 saturated carbocycles. The number of thioether (sulfide) groups is 1. The minimum absolute atomic E-state index is 0.131. The lowest BCUT2D eigenvalue weighted by molar-refractivity contribution is -0.142. The van der Waals surface area contributed by atoms with Gasteiger partial charge < -0.3 is 5.11 Å². The van der Waals surface area contributed by atoms with Gasteiger partial charge in [-0.15, -0.1) is 11.8 Å². The second kappa shape index (κ2) is 5.98. The van der Waals surface area contributed by atoms with Gasteiger partial charge in [0.05, 0.1) is 10.9 Å². The Kier molecular flexibility index (Phi) is 4.57. The third-order valence-electron chi connectivity index (χ3n) is 3.49. The van der Waals surface area contributed by atoms with E-state index in [0.717, 1.165) is 24.2 Å². The quantitative estimate of drug-likeness (QED) is 0.898. The molecule has 0 aromatic heterocycles. The van der Waals surface area contributed by atoms with Crippen molar-refractivity contribution in [1.29, 1.82) is 0 Å². The second-order valence-electron chi connectivity index (χ2n) is 4.95. The van der Waals surface area contributed by atoms with Crippen molar-refractivity contribution < 1.29 is 9.90 Å². The molecule has 3 unspecified atom stereocenters. The first-order valence-electron chi connectivity index (χ1n) is 6.22. The van der Waals surface area contributed by atoms with Crippen LogP contribution in [0.25, 0.3) is 0 Å². The smallest absolute Gasteiger partial charge is 0.307 e. The van der Waals surface area contributed by atoms with Crippen LogP contribution < -0.4 is 0 Å². The predicted molar refractivity (Wildman–Crippen MR) is 75.2 cm³/mol. The molecule has 1 aliphatic rings. The van der Waals surface area contributed by atoms with Gasteiger partial charge in [-0.1, -0.05) is 30.7 Å². The van der Waals surface area contributed by atoms with Crippen molar-refractivity contribution in [3.63, 3.8) is 0 Å². The number of halogens is 1. The summed E-state index contributed by atoms with van der Waals surface area (Å²) < 4.78 is 0. The van der Waals surface area contributed by atoms with E-state index in [0.29, 0.717) is 10.9 Å². The molecule has 1 fully saturated rings. The topological polar surface area (TPSA) is 37.3 Å². The number of benzene rings is 1. The number of aliphatic carboxylic acids is 1. The molecule has 3 atom stereocenters. The Hall–Kier alpha value is -0.670. The molecule has 0 amide bonds. The molecule has 4 heteroatoms. The van der Waals surface area contributed by atoms with Crippen LogP contribution in [0, 0.1) is 11.8 Å². The van der Waals surface area contributed by atoms with Crippen molar-refractivity contribution in [2.45, 2.75) is 36.3 Å². The molecule has 0 heterocycles. The zero-order chi connectivity index (χ0) is 13.1. The molecule has 0 aliphatic heterocycles. The Balaban J connectivity index is 2.14. The Morgan fingerprint density at radius 2 is 2.11 bits per heavy atom. The molecule has 0 spiro atoms.